The molecule has 0 unspecified atom stereocenters. The van der Waals surface area contributed by atoms with Crippen LogP contribution in [0.25, 0.3) is 11.0 Å². The Hall–Kier alpha value is -1.74. The number of sulfonamides is 1. The van der Waals surface area contributed by atoms with Gasteiger partial charge in [-0.3, -0.25) is 4.90 Å². The summed E-state index contributed by atoms with van der Waals surface area (Å²) in [5.74, 6) is 0.409. The molecule has 1 aromatic carbocycles. The van der Waals surface area contributed by atoms with E-state index in [0.29, 0.717) is 36.6 Å². The lowest BCUT2D eigenvalue weighted by molar-refractivity contribution is 0.00297. The highest BCUT2D eigenvalue weighted by molar-refractivity contribution is 7.89. The van der Waals surface area contributed by atoms with Gasteiger partial charge < -0.3 is 9.15 Å². The molecule has 8 heteroatoms. The first-order valence-corrected chi connectivity index (χ1v) is 11.3. The number of nitrogens with zero attached hydrogens (tertiary/aromatic N) is 1. The van der Waals surface area contributed by atoms with Gasteiger partial charge in [0.05, 0.1) is 18.1 Å². The Labute approximate surface area is 165 Å². The quantitative estimate of drug-likeness (QED) is 0.674. The highest BCUT2D eigenvalue weighted by atomic mass is 32.2. The standard InChI is InChI=1S/C20H28N2O5S/c1-3-15(4-2)18(22-9-11-26-12-10-22)14-21-28(24,25)17-6-7-19-16(13-17)5-8-20(23)27-19/h5-8,13,15,18,21H,3-4,9-12,14H2,1-2H3/t18-/m0/s1. The predicted molar refractivity (Wildman–Crippen MR) is 108 cm³/mol. The van der Waals surface area contributed by atoms with Gasteiger partial charge in [-0.05, 0) is 30.2 Å². The Kier molecular flexibility index (Phi) is 6.87. The van der Waals surface area contributed by atoms with Crippen molar-refractivity contribution in [2.45, 2.75) is 37.6 Å². The highest BCUT2D eigenvalue weighted by Gasteiger charge is 2.28. The average molecular weight is 409 g/mol. The summed E-state index contributed by atoms with van der Waals surface area (Å²) in [4.78, 5) is 13.8. The molecule has 1 aliphatic heterocycles. The monoisotopic (exact) mass is 408 g/mol. The number of hydrogen-bond donors (Lipinski definition) is 1. The third kappa shape index (κ3) is 4.81. The van der Waals surface area contributed by atoms with Crippen LogP contribution in [-0.2, 0) is 14.8 Å². The third-order valence-corrected chi connectivity index (χ3v) is 6.91. The Morgan fingerprint density at radius 3 is 2.50 bits per heavy atom. The van der Waals surface area contributed by atoms with Gasteiger partial charge >= 0.3 is 5.63 Å². The lowest BCUT2D eigenvalue weighted by Crippen LogP contribution is -2.52. The first-order valence-electron chi connectivity index (χ1n) is 9.80. The van der Waals surface area contributed by atoms with Crippen molar-refractivity contribution < 1.29 is 17.6 Å². The Morgan fingerprint density at radius 2 is 1.82 bits per heavy atom. The molecule has 0 radical (unpaired) electrons. The summed E-state index contributed by atoms with van der Waals surface area (Å²) in [5.41, 5.74) is -0.0885. The highest BCUT2D eigenvalue weighted by Crippen LogP contribution is 2.21. The molecule has 1 atom stereocenters. The zero-order valence-electron chi connectivity index (χ0n) is 16.4. The van der Waals surface area contributed by atoms with Crippen LogP contribution in [0.5, 0.6) is 0 Å². The molecular formula is C20H28N2O5S. The topological polar surface area (TPSA) is 88.8 Å². The molecule has 0 aliphatic carbocycles. The summed E-state index contributed by atoms with van der Waals surface area (Å²) in [5, 5.41) is 0.576. The van der Waals surface area contributed by atoms with E-state index in [2.05, 4.69) is 23.5 Å². The zero-order valence-corrected chi connectivity index (χ0v) is 17.2. The van der Waals surface area contributed by atoms with Gasteiger partial charge in [-0.15, -0.1) is 0 Å². The largest absolute Gasteiger partial charge is 0.423 e. The SMILES string of the molecule is CCC(CC)[C@H](CNS(=O)(=O)c1ccc2oc(=O)ccc2c1)N1CCOCC1. The van der Waals surface area contributed by atoms with Gasteiger partial charge in [-0.25, -0.2) is 17.9 Å². The predicted octanol–water partition coefficient (Wildman–Crippen LogP) is 2.21. The second-order valence-corrected chi connectivity index (χ2v) is 8.87. The fourth-order valence-electron chi connectivity index (χ4n) is 3.83. The maximum absolute atomic E-state index is 12.9. The summed E-state index contributed by atoms with van der Waals surface area (Å²) in [6, 6.07) is 7.50. The molecule has 1 saturated heterocycles. The molecule has 0 spiro atoms. The first-order chi connectivity index (χ1) is 13.4. The molecule has 0 amide bonds. The molecule has 1 aromatic heterocycles. The van der Waals surface area contributed by atoms with Crippen LogP contribution in [-0.4, -0.2) is 52.2 Å². The lowest BCUT2D eigenvalue weighted by atomic mass is 9.92. The van der Waals surface area contributed by atoms with Gasteiger partial charge in [0.25, 0.3) is 0 Å². The van der Waals surface area contributed by atoms with E-state index in [1.54, 1.807) is 6.07 Å². The van der Waals surface area contributed by atoms with Gasteiger partial charge in [0, 0.05) is 37.1 Å². The summed E-state index contributed by atoms with van der Waals surface area (Å²) in [6.07, 6.45) is 1.99. The number of fused-ring (bicyclic) bond motifs is 1. The van der Waals surface area contributed by atoms with E-state index in [1.165, 1.54) is 24.3 Å². The zero-order chi connectivity index (χ0) is 20.1. The Morgan fingerprint density at radius 1 is 1.11 bits per heavy atom. The second-order valence-electron chi connectivity index (χ2n) is 7.10. The van der Waals surface area contributed by atoms with E-state index in [0.717, 1.165) is 25.9 Å². The van der Waals surface area contributed by atoms with Crippen molar-refractivity contribution in [2.75, 3.05) is 32.8 Å². The first kappa shape index (κ1) is 21.0. The molecular weight excluding hydrogens is 380 g/mol. The van der Waals surface area contributed by atoms with Crippen molar-refractivity contribution in [1.29, 1.82) is 0 Å². The minimum absolute atomic E-state index is 0.132. The number of ether oxygens (including phenoxy) is 1. The molecule has 1 N–H and O–H groups in total. The van der Waals surface area contributed by atoms with Crippen LogP contribution in [0, 0.1) is 5.92 Å². The minimum atomic E-state index is -3.67. The van der Waals surface area contributed by atoms with Crippen LogP contribution >= 0.6 is 0 Å². The number of benzene rings is 1. The van der Waals surface area contributed by atoms with Gasteiger partial charge in [-0.2, -0.15) is 0 Å². The molecule has 7 nitrogen and oxygen atoms in total. The molecule has 154 valence electrons. The van der Waals surface area contributed by atoms with Crippen molar-refractivity contribution in [3.63, 3.8) is 0 Å². The fraction of sp³-hybridized carbons (Fsp3) is 0.550. The third-order valence-electron chi connectivity index (χ3n) is 5.49. The maximum atomic E-state index is 12.9. The maximum Gasteiger partial charge on any atom is 0.336 e. The smallest absolute Gasteiger partial charge is 0.336 e. The lowest BCUT2D eigenvalue weighted by Gasteiger charge is -2.38. The second kappa shape index (κ2) is 9.17. The number of nitrogens with one attached hydrogen (secondary N) is 1. The van der Waals surface area contributed by atoms with E-state index < -0.39 is 15.6 Å². The van der Waals surface area contributed by atoms with Gasteiger partial charge in [0.1, 0.15) is 5.58 Å². The molecule has 2 aromatic rings. The van der Waals surface area contributed by atoms with Crippen molar-refractivity contribution in [1.82, 2.24) is 9.62 Å². The molecule has 28 heavy (non-hydrogen) atoms. The van der Waals surface area contributed by atoms with Gasteiger partial charge in [0.15, 0.2) is 0 Å². The van der Waals surface area contributed by atoms with Crippen molar-refractivity contribution in [3.05, 3.63) is 40.8 Å². The van der Waals surface area contributed by atoms with Crippen LogP contribution in [0.1, 0.15) is 26.7 Å². The molecule has 0 bridgehead atoms. The van der Waals surface area contributed by atoms with Crippen LogP contribution in [0.3, 0.4) is 0 Å². The molecule has 1 fully saturated rings. The Balaban J connectivity index is 1.79. The number of hydrogen-bond acceptors (Lipinski definition) is 6. The van der Waals surface area contributed by atoms with E-state index in [-0.39, 0.29) is 10.9 Å². The number of morpholine rings is 1. The van der Waals surface area contributed by atoms with Crippen molar-refractivity contribution in [2.24, 2.45) is 5.92 Å². The summed E-state index contributed by atoms with van der Waals surface area (Å²) in [6.45, 7) is 7.64. The van der Waals surface area contributed by atoms with Crippen LogP contribution in [0.4, 0.5) is 0 Å². The summed E-state index contributed by atoms with van der Waals surface area (Å²) in [7, 11) is -3.67. The van der Waals surface area contributed by atoms with Crippen molar-refractivity contribution in [3.8, 4) is 0 Å². The van der Waals surface area contributed by atoms with E-state index in [1.807, 2.05) is 0 Å². The van der Waals surface area contributed by atoms with Gasteiger partial charge in [0.2, 0.25) is 10.0 Å². The molecule has 3 rings (SSSR count). The van der Waals surface area contributed by atoms with E-state index in [4.69, 9.17) is 9.15 Å². The van der Waals surface area contributed by atoms with E-state index >= 15 is 0 Å². The van der Waals surface area contributed by atoms with Crippen LogP contribution in [0.15, 0.2) is 44.4 Å². The molecule has 2 heterocycles. The Bertz CT molecular complexity index is 946. The summed E-state index contributed by atoms with van der Waals surface area (Å²) >= 11 is 0. The van der Waals surface area contributed by atoms with Crippen LogP contribution in [0.2, 0.25) is 0 Å². The van der Waals surface area contributed by atoms with Crippen LogP contribution < -0.4 is 10.3 Å². The molecule has 1 aliphatic rings. The average Bonchev–Trinajstić information content (AvgIpc) is 2.71. The fourth-order valence-corrected chi connectivity index (χ4v) is 4.92. The van der Waals surface area contributed by atoms with E-state index in [9.17, 15) is 13.2 Å². The minimum Gasteiger partial charge on any atom is -0.423 e. The summed E-state index contributed by atoms with van der Waals surface area (Å²) < 4.78 is 39.1. The van der Waals surface area contributed by atoms with Crippen molar-refractivity contribution >= 4 is 21.0 Å². The number of rotatable bonds is 8. The molecule has 0 saturated carbocycles. The van der Waals surface area contributed by atoms with Gasteiger partial charge in [-0.1, -0.05) is 26.7 Å². The normalized spacial score (nSPS) is 17.2.